The highest BCUT2D eigenvalue weighted by Crippen LogP contribution is 2.26. The van der Waals surface area contributed by atoms with Crippen LogP contribution in [0.15, 0.2) is 78.2 Å². The van der Waals surface area contributed by atoms with Crippen LogP contribution >= 0.6 is 0 Å². The van der Waals surface area contributed by atoms with Gasteiger partial charge in [0.1, 0.15) is 6.33 Å². The van der Waals surface area contributed by atoms with Gasteiger partial charge in [-0.15, -0.1) is 0 Å². The molecule has 0 atom stereocenters. The zero-order valence-electron chi connectivity index (χ0n) is 16.7. The van der Waals surface area contributed by atoms with E-state index in [1.54, 1.807) is 26.0 Å². The van der Waals surface area contributed by atoms with Gasteiger partial charge in [0.25, 0.3) is 0 Å². The Morgan fingerprint density at radius 2 is 1.93 bits per heavy atom. The van der Waals surface area contributed by atoms with Gasteiger partial charge in [-0.2, -0.15) is 5.10 Å². The van der Waals surface area contributed by atoms with Gasteiger partial charge in [0.15, 0.2) is 5.65 Å². The van der Waals surface area contributed by atoms with E-state index in [9.17, 15) is 4.79 Å². The normalized spacial score (nSPS) is 11.3. The van der Waals surface area contributed by atoms with E-state index in [0.717, 1.165) is 39.4 Å². The highest BCUT2D eigenvalue weighted by Gasteiger charge is 2.20. The Morgan fingerprint density at radius 3 is 2.73 bits per heavy atom. The number of nitrogens with zero attached hydrogens (tertiary/aromatic N) is 6. The molecule has 0 fully saturated rings. The molecule has 0 N–H and O–H groups in total. The Balaban J connectivity index is 1.77. The molecule has 0 unspecified atom stereocenters. The number of fused-ring (bicyclic) bond motifs is 1. The van der Waals surface area contributed by atoms with Gasteiger partial charge >= 0.3 is 5.69 Å². The quantitative estimate of drug-likeness (QED) is 0.467. The van der Waals surface area contributed by atoms with Crippen molar-refractivity contribution in [2.24, 2.45) is 0 Å². The molecule has 30 heavy (non-hydrogen) atoms. The average Bonchev–Trinajstić information content (AvgIpc) is 3.32. The van der Waals surface area contributed by atoms with Crippen LogP contribution in [-0.4, -0.2) is 28.7 Å². The van der Waals surface area contributed by atoms with Crippen molar-refractivity contribution in [3.63, 3.8) is 0 Å². The highest BCUT2D eigenvalue weighted by atomic mass is 16.1. The first kappa shape index (κ1) is 18.1. The third kappa shape index (κ3) is 3.00. The van der Waals surface area contributed by atoms with Crippen LogP contribution in [0, 0.1) is 13.8 Å². The molecular weight excluding hydrogens is 376 g/mol. The second-order valence-corrected chi connectivity index (χ2v) is 7.32. The number of pyridine rings is 2. The highest BCUT2D eigenvalue weighted by molar-refractivity contribution is 5.66. The summed E-state index contributed by atoms with van der Waals surface area (Å²) in [4.78, 5) is 22.0. The van der Waals surface area contributed by atoms with Crippen LogP contribution in [0.2, 0.25) is 0 Å². The summed E-state index contributed by atoms with van der Waals surface area (Å²) < 4.78 is 5.29. The third-order valence-corrected chi connectivity index (χ3v) is 5.26. The van der Waals surface area contributed by atoms with Gasteiger partial charge in [0, 0.05) is 29.8 Å². The molecule has 0 radical (unpaired) electrons. The molecule has 4 aromatic heterocycles. The number of imidazole rings is 1. The zero-order chi connectivity index (χ0) is 20.7. The van der Waals surface area contributed by atoms with Gasteiger partial charge < -0.3 is 0 Å². The zero-order valence-corrected chi connectivity index (χ0v) is 16.7. The standard InChI is InChI=1S/C23H20N6O/c1-16-5-3-7-20(11-16)29-22(19-8-9-21-25-15-26-28(21)14-19)17(2)27(23(29)30)13-18-6-4-10-24-12-18/h3-12,14-15H,13H2,1-2H3. The topological polar surface area (TPSA) is 70.0 Å². The van der Waals surface area contributed by atoms with Crippen molar-refractivity contribution in [3.8, 4) is 16.9 Å². The number of aromatic nitrogens is 6. The molecule has 7 nitrogen and oxygen atoms in total. The first-order valence-corrected chi connectivity index (χ1v) is 9.69. The van der Waals surface area contributed by atoms with Crippen LogP contribution in [0.1, 0.15) is 16.8 Å². The summed E-state index contributed by atoms with van der Waals surface area (Å²) in [5, 5.41) is 4.25. The predicted octanol–water partition coefficient (Wildman–Crippen LogP) is 3.41. The molecule has 0 amide bonds. The molecule has 0 saturated carbocycles. The van der Waals surface area contributed by atoms with E-state index in [4.69, 9.17) is 0 Å². The van der Waals surface area contributed by atoms with Crippen molar-refractivity contribution in [2.75, 3.05) is 0 Å². The molecule has 5 aromatic rings. The maximum Gasteiger partial charge on any atom is 0.333 e. The van der Waals surface area contributed by atoms with Crippen LogP contribution in [0.4, 0.5) is 0 Å². The van der Waals surface area contributed by atoms with Gasteiger partial charge in [0.2, 0.25) is 0 Å². The lowest BCUT2D eigenvalue weighted by atomic mass is 10.1. The maximum atomic E-state index is 13.6. The number of hydrogen-bond acceptors (Lipinski definition) is 4. The molecule has 4 heterocycles. The van der Waals surface area contributed by atoms with Crippen molar-refractivity contribution < 1.29 is 0 Å². The Bertz CT molecular complexity index is 1410. The largest absolute Gasteiger partial charge is 0.333 e. The molecular formula is C23H20N6O. The molecule has 0 bridgehead atoms. The van der Waals surface area contributed by atoms with Gasteiger partial charge in [0.05, 0.1) is 17.9 Å². The van der Waals surface area contributed by atoms with Crippen molar-refractivity contribution in [1.82, 2.24) is 28.7 Å². The molecule has 148 valence electrons. The summed E-state index contributed by atoms with van der Waals surface area (Å²) in [6.07, 6.45) is 6.95. The van der Waals surface area contributed by atoms with Crippen LogP contribution in [0.5, 0.6) is 0 Å². The smallest absolute Gasteiger partial charge is 0.291 e. The minimum absolute atomic E-state index is 0.0874. The first-order chi connectivity index (χ1) is 14.6. The Hall–Kier alpha value is -4.00. The van der Waals surface area contributed by atoms with Crippen LogP contribution < -0.4 is 5.69 Å². The van der Waals surface area contributed by atoms with Crippen LogP contribution in [-0.2, 0) is 6.54 Å². The van der Waals surface area contributed by atoms with E-state index in [2.05, 4.69) is 15.1 Å². The summed E-state index contributed by atoms with van der Waals surface area (Å²) in [6, 6.07) is 15.7. The predicted molar refractivity (Wildman–Crippen MR) is 115 cm³/mol. The minimum atomic E-state index is -0.0874. The lowest BCUT2D eigenvalue weighted by Crippen LogP contribution is -2.24. The maximum absolute atomic E-state index is 13.6. The second-order valence-electron chi connectivity index (χ2n) is 7.32. The van der Waals surface area contributed by atoms with E-state index in [1.807, 2.05) is 68.6 Å². The van der Waals surface area contributed by atoms with E-state index < -0.39 is 0 Å². The Kier molecular flexibility index (Phi) is 4.28. The molecule has 1 aromatic carbocycles. The van der Waals surface area contributed by atoms with E-state index in [1.165, 1.54) is 6.33 Å². The fourth-order valence-corrected chi connectivity index (χ4v) is 3.81. The second kappa shape index (κ2) is 7.11. The number of hydrogen-bond donors (Lipinski definition) is 0. The molecule has 0 spiro atoms. The van der Waals surface area contributed by atoms with Gasteiger partial charge in [-0.3, -0.25) is 14.1 Å². The van der Waals surface area contributed by atoms with E-state index >= 15 is 0 Å². The summed E-state index contributed by atoms with van der Waals surface area (Å²) in [7, 11) is 0. The molecule has 0 saturated heterocycles. The summed E-state index contributed by atoms with van der Waals surface area (Å²) in [5.74, 6) is 0. The van der Waals surface area contributed by atoms with E-state index in [-0.39, 0.29) is 5.69 Å². The first-order valence-electron chi connectivity index (χ1n) is 9.69. The molecule has 0 aliphatic heterocycles. The SMILES string of the molecule is Cc1cccc(-n2c(-c3ccc4ncnn4c3)c(C)n(Cc3cccnc3)c2=O)c1. The Labute approximate surface area is 172 Å². The fourth-order valence-electron chi connectivity index (χ4n) is 3.81. The lowest BCUT2D eigenvalue weighted by molar-refractivity contribution is 0.721. The number of benzene rings is 1. The summed E-state index contributed by atoms with van der Waals surface area (Å²) in [5.41, 5.74) is 6.19. The fraction of sp³-hybridized carbons (Fsp3) is 0.130. The van der Waals surface area contributed by atoms with Gasteiger partial charge in [-0.1, -0.05) is 18.2 Å². The summed E-state index contributed by atoms with van der Waals surface area (Å²) >= 11 is 0. The van der Waals surface area contributed by atoms with Crippen molar-refractivity contribution >= 4 is 5.65 Å². The van der Waals surface area contributed by atoms with E-state index in [0.29, 0.717) is 6.54 Å². The van der Waals surface area contributed by atoms with Gasteiger partial charge in [-0.05, 0) is 55.3 Å². The molecule has 5 rings (SSSR count). The molecule has 0 aliphatic rings. The minimum Gasteiger partial charge on any atom is -0.291 e. The third-order valence-electron chi connectivity index (χ3n) is 5.26. The van der Waals surface area contributed by atoms with Crippen LogP contribution in [0.25, 0.3) is 22.6 Å². The van der Waals surface area contributed by atoms with Gasteiger partial charge in [-0.25, -0.2) is 14.3 Å². The van der Waals surface area contributed by atoms with Crippen molar-refractivity contribution in [1.29, 1.82) is 0 Å². The lowest BCUT2D eigenvalue weighted by Gasteiger charge is -2.10. The molecule has 0 aliphatic carbocycles. The molecule has 7 heteroatoms. The van der Waals surface area contributed by atoms with Crippen molar-refractivity contribution in [2.45, 2.75) is 20.4 Å². The van der Waals surface area contributed by atoms with Crippen molar-refractivity contribution in [3.05, 3.63) is 101 Å². The van der Waals surface area contributed by atoms with Crippen LogP contribution in [0.3, 0.4) is 0 Å². The Morgan fingerprint density at radius 1 is 1.03 bits per heavy atom. The monoisotopic (exact) mass is 396 g/mol. The summed E-state index contributed by atoms with van der Waals surface area (Å²) in [6.45, 7) is 4.45. The number of aryl methyl sites for hydroxylation is 1. The average molecular weight is 396 g/mol. The number of rotatable bonds is 4.